The number of anilines is 1. The van der Waals surface area contributed by atoms with Gasteiger partial charge in [-0.3, -0.25) is 4.79 Å². The Balaban J connectivity index is 1.11. The summed E-state index contributed by atoms with van der Waals surface area (Å²) in [5, 5.41) is 3.73. The number of benzene rings is 2. The minimum Gasteiger partial charge on any atom is -0.494 e. The first-order valence-corrected chi connectivity index (χ1v) is 11.7. The van der Waals surface area contributed by atoms with Crippen LogP contribution in [-0.4, -0.2) is 12.5 Å². The van der Waals surface area contributed by atoms with Gasteiger partial charge in [0.05, 0.1) is 6.61 Å². The van der Waals surface area contributed by atoms with Gasteiger partial charge in [-0.2, -0.15) is 0 Å². The number of carbonyl (C=O) groups is 1. The Hall–Kier alpha value is -2.00. The zero-order valence-electron chi connectivity index (χ0n) is 17.4. The van der Waals surface area contributed by atoms with Gasteiger partial charge in [-0.15, -0.1) is 0 Å². The van der Waals surface area contributed by atoms with E-state index < -0.39 is 0 Å². The van der Waals surface area contributed by atoms with Crippen LogP contribution in [0.1, 0.15) is 56.9 Å². The minimum atomic E-state index is 0.0391. The second kappa shape index (κ2) is 8.26. The Kier molecular flexibility index (Phi) is 5.49. The molecule has 0 unspecified atom stereocenters. The van der Waals surface area contributed by atoms with Gasteiger partial charge in [-0.25, -0.2) is 0 Å². The molecule has 0 aromatic heterocycles. The Morgan fingerprint density at radius 1 is 0.933 bits per heavy atom. The minimum absolute atomic E-state index is 0.0391. The van der Waals surface area contributed by atoms with Crippen LogP contribution in [0.4, 0.5) is 5.69 Å². The van der Waals surface area contributed by atoms with Crippen LogP contribution in [0.5, 0.6) is 5.75 Å². The second-order valence-corrected chi connectivity index (χ2v) is 10.2. The molecule has 158 valence electrons. The zero-order chi connectivity index (χ0) is 20.6. The smallest absolute Gasteiger partial charge is 0.224 e. The fourth-order valence-electron chi connectivity index (χ4n) is 6.55. The van der Waals surface area contributed by atoms with Crippen LogP contribution in [-0.2, 0) is 10.2 Å². The molecule has 2 aromatic carbocycles. The van der Waals surface area contributed by atoms with Crippen LogP contribution in [0, 0.1) is 17.8 Å². The van der Waals surface area contributed by atoms with Gasteiger partial charge in [0.2, 0.25) is 5.91 Å². The summed E-state index contributed by atoms with van der Waals surface area (Å²) in [5.74, 6) is 3.67. The number of nitrogens with one attached hydrogen (secondary N) is 1. The van der Waals surface area contributed by atoms with Crippen LogP contribution >= 0.6 is 11.6 Å². The average molecular weight is 424 g/mol. The van der Waals surface area contributed by atoms with Crippen molar-refractivity contribution in [2.75, 3.05) is 11.9 Å². The molecule has 1 amide bonds. The summed E-state index contributed by atoms with van der Waals surface area (Å²) in [4.78, 5) is 12.3. The van der Waals surface area contributed by atoms with Gasteiger partial charge in [-0.05, 0) is 110 Å². The molecule has 0 saturated heterocycles. The monoisotopic (exact) mass is 423 g/mol. The highest BCUT2D eigenvalue weighted by Gasteiger charge is 2.51. The van der Waals surface area contributed by atoms with Crippen LogP contribution < -0.4 is 10.1 Å². The van der Waals surface area contributed by atoms with E-state index in [4.69, 9.17) is 16.3 Å². The maximum Gasteiger partial charge on any atom is 0.224 e. The van der Waals surface area contributed by atoms with Crippen LogP contribution in [0.25, 0.3) is 0 Å². The van der Waals surface area contributed by atoms with Crippen molar-refractivity contribution in [3.63, 3.8) is 0 Å². The molecule has 0 radical (unpaired) electrons. The molecule has 0 spiro atoms. The molecule has 3 nitrogen and oxygen atoms in total. The van der Waals surface area contributed by atoms with Gasteiger partial charge < -0.3 is 10.1 Å². The van der Waals surface area contributed by atoms with E-state index in [0.29, 0.717) is 29.9 Å². The number of hydrogen-bond acceptors (Lipinski definition) is 2. The molecule has 1 N–H and O–H groups in total. The van der Waals surface area contributed by atoms with Crippen molar-refractivity contribution in [1.82, 2.24) is 0 Å². The SMILES string of the molecule is O=C(CCCOc1ccc(Cl)cc1)Nc1ccc(C23CC4CC(CC(C4)C2)C3)cc1. The fraction of sp³-hybridized carbons (Fsp3) is 0.500. The van der Waals surface area contributed by atoms with Crippen LogP contribution in [0.15, 0.2) is 48.5 Å². The fourth-order valence-corrected chi connectivity index (χ4v) is 6.67. The van der Waals surface area contributed by atoms with Gasteiger partial charge in [0.25, 0.3) is 0 Å². The molecule has 4 bridgehead atoms. The zero-order valence-corrected chi connectivity index (χ0v) is 18.2. The quantitative estimate of drug-likeness (QED) is 0.509. The summed E-state index contributed by atoms with van der Waals surface area (Å²) in [6.45, 7) is 0.514. The lowest BCUT2D eigenvalue weighted by Crippen LogP contribution is -2.48. The van der Waals surface area contributed by atoms with E-state index in [1.54, 1.807) is 12.1 Å². The van der Waals surface area contributed by atoms with E-state index >= 15 is 0 Å². The maximum atomic E-state index is 12.3. The number of halogens is 1. The first-order chi connectivity index (χ1) is 14.6. The lowest BCUT2D eigenvalue weighted by Gasteiger charge is -2.57. The Labute approximate surface area is 184 Å². The molecular formula is C26H30ClNO2. The van der Waals surface area contributed by atoms with E-state index in [9.17, 15) is 4.79 Å². The third-order valence-electron chi connectivity index (χ3n) is 7.45. The number of hydrogen-bond donors (Lipinski definition) is 1. The highest BCUT2D eigenvalue weighted by atomic mass is 35.5. The lowest BCUT2D eigenvalue weighted by molar-refractivity contribution is -0.116. The van der Waals surface area contributed by atoms with Gasteiger partial charge in [-0.1, -0.05) is 23.7 Å². The summed E-state index contributed by atoms with van der Waals surface area (Å²) >= 11 is 5.87. The van der Waals surface area contributed by atoms with E-state index in [1.807, 2.05) is 12.1 Å². The molecular weight excluding hydrogens is 394 g/mol. The van der Waals surface area contributed by atoms with Gasteiger partial charge in [0, 0.05) is 17.1 Å². The summed E-state index contributed by atoms with van der Waals surface area (Å²) in [7, 11) is 0. The molecule has 4 aliphatic carbocycles. The normalized spacial score (nSPS) is 29.0. The lowest BCUT2D eigenvalue weighted by atomic mass is 9.48. The second-order valence-electron chi connectivity index (χ2n) is 9.73. The molecule has 0 atom stereocenters. The maximum absolute atomic E-state index is 12.3. The predicted molar refractivity (Wildman–Crippen MR) is 121 cm³/mol. The third-order valence-corrected chi connectivity index (χ3v) is 7.70. The molecule has 0 aliphatic heterocycles. The number of ether oxygens (including phenoxy) is 1. The molecule has 30 heavy (non-hydrogen) atoms. The van der Waals surface area contributed by atoms with E-state index in [1.165, 1.54) is 44.1 Å². The number of amides is 1. The Bertz CT molecular complexity index is 855. The van der Waals surface area contributed by atoms with Gasteiger partial charge in [0.1, 0.15) is 5.75 Å². The van der Waals surface area contributed by atoms with Gasteiger partial charge >= 0.3 is 0 Å². The van der Waals surface area contributed by atoms with E-state index in [2.05, 4.69) is 29.6 Å². The average Bonchev–Trinajstić information content (AvgIpc) is 2.72. The molecule has 4 saturated carbocycles. The first kappa shape index (κ1) is 19.9. The van der Waals surface area contributed by atoms with Crippen molar-refractivity contribution in [3.05, 3.63) is 59.1 Å². The highest BCUT2D eigenvalue weighted by Crippen LogP contribution is 2.60. The predicted octanol–water partition coefficient (Wildman–Crippen LogP) is 6.61. The number of rotatable bonds is 7. The summed E-state index contributed by atoms with van der Waals surface area (Å²) < 4.78 is 5.66. The first-order valence-electron chi connectivity index (χ1n) is 11.4. The molecule has 0 heterocycles. The van der Waals surface area contributed by atoms with Crippen molar-refractivity contribution in [2.24, 2.45) is 17.8 Å². The summed E-state index contributed by atoms with van der Waals surface area (Å²) in [6.07, 6.45) is 9.65. The van der Waals surface area contributed by atoms with E-state index in [0.717, 1.165) is 29.2 Å². The van der Waals surface area contributed by atoms with Crippen LogP contribution in [0.3, 0.4) is 0 Å². The van der Waals surface area contributed by atoms with Crippen molar-refractivity contribution < 1.29 is 9.53 Å². The topological polar surface area (TPSA) is 38.3 Å². The Morgan fingerprint density at radius 3 is 2.13 bits per heavy atom. The highest BCUT2D eigenvalue weighted by molar-refractivity contribution is 6.30. The van der Waals surface area contributed by atoms with Crippen molar-refractivity contribution in [1.29, 1.82) is 0 Å². The van der Waals surface area contributed by atoms with E-state index in [-0.39, 0.29) is 5.91 Å². The third kappa shape index (κ3) is 4.23. The van der Waals surface area contributed by atoms with Gasteiger partial charge in [0.15, 0.2) is 0 Å². The number of carbonyl (C=O) groups excluding carboxylic acids is 1. The van der Waals surface area contributed by atoms with Crippen molar-refractivity contribution in [3.8, 4) is 5.75 Å². The molecule has 4 aliphatic rings. The van der Waals surface area contributed by atoms with Crippen LogP contribution in [0.2, 0.25) is 5.02 Å². The summed E-state index contributed by atoms with van der Waals surface area (Å²) in [6, 6.07) is 16.0. The molecule has 4 heteroatoms. The largest absolute Gasteiger partial charge is 0.494 e. The van der Waals surface area contributed by atoms with Crippen molar-refractivity contribution in [2.45, 2.75) is 56.8 Å². The van der Waals surface area contributed by atoms with Crippen molar-refractivity contribution >= 4 is 23.2 Å². The molecule has 6 rings (SSSR count). The Morgan fingerprint density at radius 2 is 1.53 bits per heavy atom. The summed E-state index contributed by atoms with van der Waals surface area (Å²) in [5.41, 5.74) is 2.80. The molecule has 4 fully saturated rings. The standard InChI is InChI=1S/C26H30ClNO2/c27-22-5-9-24(10-6-22)30-11-1-2-25(29)28-23-7-3-21(4-8-23)26-15-18-12-19(16-26)14-20(13-18)17-26/h3-10,18-20H,1-2,11-17H2,(H,28,29). The molecule has 2 aromatic rings.